The van der Waals surface area contributed by atoms with Crippen LogP contribution < -0.4 is 9.47 Å². The third-order valence-corrected chi connectivity index (χ3v) is 3.79. The molecule has 0 bridgehead atoms. The van der Waals surface area contributed by atoms with Crippen LogP contribution in [0.3, 0.4) is 0 Å². The molecule has 1 atom stereocenters. The molecule has 1 N–H and O–H groups in total. The number of aldehydes is 1. The average Bonchev–Trinajstić information content (AvgIpc) is 2.73. The van der Waals surface area contributed by atoms with Gasteiger partial charge in [0.2, 0.25) is 0 Å². The van der Waals surface area contributed by atoms with Crippen molar-refractivity contribution in [3.05, 3.63) is 95.6 Å². The van der Waals surface area contributed by atoms with E-state index in [1.165, 1.54) is 36.4 Å². The summed E-state index contributed by atoms with van der Waals surface area (Å²) in [5, 5.41) is 10.1. The molecule has 4 nitrogen and oxygen atoms in total. The molecule has 0 saturated heterocycles. The number of aliphatic hydroxyl groups excluding tert-OH is 1. The Morgan fingerprint density at radius 1 is 0.656 bits per heavy atom. The smallest absolute Gasteiger partial charge is 0.406 e. The minimum Gasteiger partial charge on any atom is -0.406 e. The fraction of sp³-hybridized carbons (Fsp3) is 0.136. The van der Waals surface area contributed by atoms with Crippen LogP contribution in [0.4, 0.5) is 26.3 Å². The summed E-state index contributed by atoms with van der Waals surface area (Å²) in [7, 11) is 0. The Bertz CT molecular complexity index is 969. The van der Waals surface area contributed by atoms with Gasteiger partial charge in [0.15, 0.2) is 0 Å². The number of alkyl halides is 6. The number of halogens is 6. The Kier molecular flexibility index (Phi) is 8.25. The molecule has 0 aliphatic rings. The monoisotopic (exact) mass is 458 g/mol. The van der Waals surface area contributed by atoms with Gasteiger partial charge in [0.1, 0.15) is 23.9 Å². The van der Waals surface area contributed by atoms with Crippen molar-refractivity contribution in [2.75, 3.05) is 0 Å². The molecule has 0 saturated carbocycles. The van der Waals surface area contributed by atoms with Crippen LogP contribution in [0.5, 0.6) is 11.5 Å². The molecule has 32 heavy (non-hydrogen) atoms. The molecule has 0 fully saturated rings. The van der Waals surface area contributed by atoms with E-state index in [4.69, 9.17) is 0 Å². The minimum atomic E-state index is -4.71. The van der Waals surface area contributed by atoms with E-state index in [2.05, 4.69) is 9.47 Å². The van der Waals surface area contributed by atoms with Crippen LogP contribution in [0, 0.1) is 0 Å². The number of aliphatic hydroxyl groups is 1. The van der Waals surface area contributed by atoms with E-state index in [-0.39, 0.29) is 11.5 Å². The molecule has 3 aromatic carbocycles. The summed E-state index contributed by atoms with van der Waals surface area (Å²) in [5.74, 6) is -0.644. The van der Waals surface area contributed by atoms with Crippen molar-refractivity contribution >= 4 is 6.29 Å². The van der Waals surface area contributed by atoms with Gasteiger partial charge in [-0.1, -0.05) is 42.5 Å². The first-order chi connectivity index (χ1) is 15.0. The number of hydrogen-bond donors (Lipinski definition) is 1. The van der Waals surface area contributed by atoms with Crippen molar-refractivity contribution in [2.24, 2.45) is 0 Å². The SMILES string of the molecule is O=Cc1ccc(OC(F)(F)F)cc1.OC(c1ccccc1)c1ccc(OC(F)(F)F)cc1. The Labute approximate surface area is 178 Å². The van der Waals surface area contributed by atoms with Crippen LogP contribution in [0.1, 0.15) is 27.6 Å². The van der Waals surface area contributed by atoms with Crippen LogP contribution >= 0.6 is 0 Å². The molecule has 0 aliphatic carbocycles. The van der Waals surface area contributed by atoms with Crippen LogP contribution in [0.2, 0.25) is 0 Å². The first-order valence-electron chi connectivity index (χ1n) is 8.86. The summed E-state index contributed by atoms with van der Waals surface area (Å²) < 4.78 is 78.2. The van der Waals surface area contributed by atoms with Crippen LogP contribution in [-0.2, 0) is 0 Å². The number of carbonyl (C=O) groups excluding carboxylic acids is 1. The molecule has 1 unspecified atom stereocenters. The predicted molar refractivity (Wildman–Crippen MR) is 102 cm³/mol. The number of ether oxygens (including phenoxy) is 2. The van der Waals surface area contributed by atoms with Gasteiger partial charge in [-0.15, -0.1) is 26.3 Å². The second-order valence-electron chi connectivity index (χ2n) is 6.16. The molecule has 0 aromatic heterocycles. The quantitative estimate of drug-likeness (QED) is 0.373. The molecule has 3 aromatic rings. The van der Waals surface area contributed by atoms with Gasteiger partial charge < -0.3 is 14.6 Å². The number of rotatable bonds is 5. The summed E-state index contributed by atoms with van der Waals surface area (Å²) in [6.45, 7) is 0. The standard InChI is InChI=1S/C14H11F3O2.C8H5F3O2/c15-14(16,17)19-12-8-6-11(7-9-12)13(18)10-4-2-1-3-5-10;9-8(10,11)13-7-3-1-6(5-12)2-4-7/h1-9,13,18H;1-5H. The van der Waals surface area contributed by atoms with Gasteiger partial charge in [-0.25, -0.2) is 0 Å². The van der Waals surface area contributed by atoms with E-state index >= 15 is 0 Å². The second kappa shape index (κ2) is 10.7. The Hall–Kier alpha value is -3.53. The summed E-state index contributed by atoms with van der Waals surface area (Å²) >= 11 is 0. The third kappa shape index (κ3) is 8.68. The van der Waals surface area contributed by atoms with E-state index in [0.717, 1.165) is 12.1 Å². The van der Waals surface area contributed by atoms with Crippen LogP contribution in [0.25, 0.3) is 0 Å². The lowest BCUT2D eigenvalue weighted by Gasteiger charge is -2.13. The zero-order valence-electron chi connectivity index (χ0n) is 16.1. The Morgan fingerprint density at radius 3 is 1.47 bits per heavy atom. The third-order valence-electron chi connectivity index (χ3n) is 3.79. The van der Waals surface area contributed by atoms with E-state index < -0.39 is 18.8 Å². The van der Waals surface area contributed by atoms with E-state index in [0.29, 0.717) is 23.0 Å². The molecule has 0 aliphatic heterocycles. The normalized spacial score (nSPS) is 12.2. The van der Waals surface area contributed by atoms with Crippen molar-refractivity contribution in [1.82, 2.24) is 0 Å². The lowest BCUT2D eigenvalue weighted by molar-refractivity contribution is -0.275. The summed E-state index contributed by atoms with van der Waals surface area (Å²) in [6.07, 6.45) is -9.74. The largest absolute Gasteiger partial charge is 0.573 e. The van der Waals surface area contributed by atoms with Gasteiger partial charge in [0.05, 0.1) is 0 Å². The first kappa shape index (κ1) is 24.7. The molecule has 0 spiro atoms. The zero-order chi connectivity index (χ0) is 23.8. The maximum absolute atomic E-state index is 12.0. The van der Waals surface area contributed by atoms with Gasteiger partial charge in [-0.2, -0.15) is 0 Å². The van der Waals surface area contributed by atoms with Gasteiger partial charge in [0, 0.05) is 5.56 Å². The fourth-order valence-corrected chi connectivity index (χ4v) is 2.43. The Balaban J connectivity index is 0.000000244. The molecule has 0 heterocycles. The topological polar surface area (TPSA) is 55.8 Å². The maximum atomic E-state index is 12.0. The highest BCUT2D eigenvalue weighted by Gasteiger charge is 2.31. The molecule has 3 rings (SSSR count). The first-order valence-corrected chi connectivity index (χ1v) is 8.86. The van der Waals surface area contributed by atoms with Crippen molar-refractivity contribution in [1.29, 1.82) is 0 Å². The highest BCUT2D eigenvalue weighted by molar-refractivity contribution is 5.74. The van der Waals surface area contributed by atoms with Gasteiger partial charge in [-0.3, -0.25) is 4.79 Å². The zero-order valence-corrected chi connectivity index (χ0v) is 16.1. The van der Waals surface area contributed by atoms with Crippen molar-refractivity contribution in [3.63, 3.8) is 0 Å². The van der Waals surface area contributed by atoms with E-state index in [9.17, 15) is 36.2 Å². The fourth-order valence-electron chi connectivity index (χ4n) is 2.43. The second-order valence-corrected chi connectivity index (χ2v) is 6.16. The van der Waals surface area contributed by atoms with Gasteiger partial charge in [-0.05, 0) is 47.5 Å². The average molecular weight is 458 g/mol. The predicted octanol–water partition coefficient (Wildman–Crippen LogP) is 6.06. The van der Waals surface area contributed by atoms with Crippen LogP contribution in [0.15, 0.2) is 78.9 Å². The molecule has 0 radical (unpaired) electrons. The highest BCUT2D eigenvalue weighted by atomic mass is 19.4. The molecular weight excluding hydrogens is 442 g/mol. The summed E-state index contributed by atoms with van der Waals surface area (Å²) in [6, 6.07) is 18.7. The highest BCUT2D eigenvalue weighted by Crippen LogP contribution is 2.27. The van der Waals surface area contributed by atoms with E-state index in [1.807, 2.05) is 6.07 Å². The molecule has 10 heteroatoms. The van der Waals surface area contributed by atoms with Gasteiger partial charge in [0.25, 0.3) is 0 Å². The summed E-state index contributed by atoms with van der Waals surface area (Å²) in [4.78, 5) is 10.1. The van der Waals surface area contributed by atoms with E-state index in [1.54, 1.807) is 24.3 Å². The van der Waals surface area contributed by atoms with Crippen molar-refractivity contribution in [3.8, 4) is 11.5 Å². The number of hydrogen-bond acceptors (Lipinski definition) is 4. The van der Waals surface area contributed by atoms with Gasteiger partial charge >= 0.3 is 12.7 Å². The molecule has 170 valence electrons. The lowest BCUT2D eigenvalue weighted by atomic mass is 10.0. The number of benzene rings is 3. The Morgan fingerprint density at radius 2 is 1.06 bits per heavy atom. The summed E-state index contributed by atoms with van der Waals surface area (Å²) in [5.41, 5.74) is 1.47. The minimum absolute atomic E-state index is 0.300. The lowest BCUT2D eigenvalue weighted by Crippen LogP contribution is -2.17. The van der Waals surface area contributed by atoms with Crippen molar-refractivity contribution < 1.29 is 45.7 Å². The maximum Gasteiger partial charge on any atom is 0.573 e. The van der Waals surface area contributed by atoms with Crippen molar-refractivity contribution in [2.45, 2.75) is 18.8 Å². The number of carbonyl (C=O) groups is 1. The van der Waals surface area contributed by atoms with Crippen LogP contribution in [-0.4, -0.2) is 24.1 Å². The molecule has 0 amide bonds. The molecular formula is C22H16F6O4.